The largest absolute Gasteiger partial charge is 0.481 e. The topological polar surface area (TPSA) is 268 Å². The van der Waals surface area contributed by atoms with Crippen molar-refractivity contribution in [3.63, 3.8) is 0 Å². The fourth-order valence-corrected chi connectivity index (χ4v) is 2.75. The molecular weight excluding hydrogens is 458 g/mol. The highest BCUT2D eigenvalue weighted by atomic mass is 16.4. The second-order valence-corrected chi connectivity index (χ2v) is 7.96. The number of carboxylic acid groups (broad SMARTS) is 3. The number of aliphatic carboxylic acids is 3. The number of nitrogens with one attached hydrogen (secondary N) is 3. The summed E-state index contributed by atoms with van der Waals surface area (Å²) in [5.41, 5.74) is 10.5. The molecule has 34 heavy (non-hydrogen) atoms. The van der Waals surface area contributed by atoms with Crippen molar-refractivity contribution in [3.8, 4) is 0 Å². The molecule has 0 aliphatic rings. The molecule has 0 saturated heterocycles. The van der Waals surface area contributed by atoms with E-state index < -0.39 is 91.4 Å². The summed E-state index contributed by atoms with van der Waals surface area (Å²) >= 11 is 0. The molecule has 0 radical (unpaired) electrons. The monoisotopic (exact) mass is 489 g/mol. The van der Waals surface area contributed by atoms with Gasteiger partial charge in [-0.2, -0.15) is 0 Å². The molecule has 15 heteroatoms. The first-order chi connectivity index (χ1) is 15.6. The first-order valence-corrected chi connectivity index (χ1v) is 10.2. The van der Waals surface area contributed by atoms with Crippen LogP contribution < -0.4 is 27.4 Å². The minimum absolute atomic E-state index is 0.0316. The molecule has 4 atom stereocenters. The Morgan fingerprint density at radius 3 is 1.68 bits per heavy atom. The fraction of sp³-hybridized carbons (Fsp3) is 0.632. The molecule has 4 unspecified atom stereocenters. The highest BCUT2D eigenvalue weighted by Gasteiger charge is 2.32. The number of carbonyl (C=O) groups excluding carboxylic acids is 4. The number of hydrogen-bond donors (Lipinski definition) is 8. The number of nitrogens with two attached hydrogens (primary N) is 2. The summed E-state index contributed by atoms with van der Waals surface area (Å²) in [7, 11) is 0. The number of rotatable bonds is 16. The summed E-state index contributed by atoms with van der Waals surface area (Å²) in [6.45, 7) is 3.41. The first-order valence-electron chi connectivity index (χ1n) is 10.2. The molecule has 4 amide bonds. The normalized spacial score (nSPS) is 14.2. The second-order valence-electron chi connectivity index (χ2n) is 7.96. The maximum Gasteiger partial charge on any atom is 0.326 e. The zero-order chi connectivity index (χ0) is 26.6. The van der Waals surface area contributed by atoms with Gasteiger partial charge in [0.15, 0.2) is 0 Å². The fourth-order valence-electron chi connectivity index (χ4n) is 2.75. The van der Waals surface area contributed by atoms with Gasteiger partial charge in [0.05, 0.1) is 18.9 Å². The van der Waals surface area contributed by atoms with Crippen LogP contribution >= 0.6 is 0 Å². The predicted octanol–water partition coefficient (Wildman–Crippen LogP) is -2.89. The molecule has 0 heterocycles. The van der Waals surface area contributed by atoms with Crippen LogP contribution in [0.5, 0.6) is 0 Å². The number of carbonyl (C=O) groups is 7. The summed E-state index contributed by atoms with van der Waals surface area (Å²) in [6.07, 6.45) is -2.50. The molecule has 0 aliphatic heterocycles. The van der Waals surface area contributed by atoms with Gasteiger partial charge in [0.25, 0.3) is 0 Å². The second kappa shape index (κ2) is 14.4. The van der Waals surface area contributed by atoms with E-state index in [0.717, 1.165) is 0 Å². The minimum atomic E-state index is -1.73. The highest BCUT2D eigenvalue weighted by molar-refractivity contribution is 5.96. The van der Waals surface area contributed by atoms with Crippen molar-refractivity contribution < 1.29 is 48.9 Å². The standard InChI is InChI=1S/C19H31N5O10/c1-8(2)5-12(19(33)34)24-18(32)11(7-15(28)29)23-17(31)10(3-4-14(26)27)22-16(30)9(20)6-13(21)25/h8-12H,3-7,20H2,1-2H3,(H2,21,25)(H,22,30)(H,23,31)(H,24,32)(H,26,27)(H,28,29)(H,33,34). The maximum absolute atomic E-state index is 12.7. The van der Waals surface area contributed by atoms with E-state index in [1.807, 2.05) is 0 Å². The highest BCUT2D eigenvalue weighted by Crippen LogP contribution is 2.07. The molecule has 0 rings (SSSR count). The Hall–Kier alpha value is -3.75. The van der Waals surface area contributed by atoms with E-state index >= 15 is 0 Å². The van der Waals surface area contributed by atoms with Crippen LogP contribution in [0.2, 0.25) is 0 Å². The van der Waals surface area contributed by atoms with Crippen LogP contribution in [0.25, 0.3) is 0 Å². The van der Waals surface area contributed by atoms with E-state index in [-0.39, 0.29) is 12.3 Å². The molecule has 10 N–H and O–H groups in total. The molecule has 15 nitrogen and oxygen atoms in total. The first kappa shape index (κ1) is 30.2. The third kappa shape index (κ3) is 12.3. The predicted molar refractivity (Wildman–Crippen MR) is 114 cm³/mol. The van der Waals surface area contributed by atoms with Gasteiger partial charge < -0.3 is 42.7 Å². The lowest BCUT2D eigenvalue weighted by Gasteiger charge is -2.24. The summed E-state index contributed by atoms with van der Waals surface area (Å²) in [4.78, 5) is 81.8. The molecule has 0 aromatic carbocycles. The Bertz CT molecular complexity index is 800. The van der Waals surface area contributed by atoms with Crippen LogP contribution in [0.1, 0.15) is 46.0 Å². The van der Waals surface area contributed by atoms with Gasteiger partial charge in [0, 0.05) is 6.42 Å². The summed E-state index contributed by atoms with van der Waals surface area (Å²) in [5.74, 6) is -8.42. The van der Waals surface area contributed by atoms with Crippen LogP contribution in [0.4, 0.5) is 0 Å². The van der Waals surface area contributed by atoms with Gasteiger partial charge >= 0.3 is 17.9 Å². The average molecular weight is 489 g/mol. The van der Waals surface area contributed by atoms with Gasteiger partial charge in [0.1, 0.15) is 18.1 Å². The molecule has 0 aliphatic carbocycles. The summed E-state index contributed by atoms with van der Waals surface area (Å²) < 4.78 is 0. The van der Waals surface area contributed by atoms with Crippen LogP contribution in [-0.2, 0) is 33.6 Å². The van der Waals surface area contributed by atoms with E-state index in [9.17, 15) is 38.7 Å². The number of carboxylic acids is 3. The molecular formula is C19H31N5O10. The molecule has 0 spiro atoms. The Morgan fingerprint density at radius 2 is 1.24 bits per heavy atom. The summed E-state index contributed by atoms with van der Waals surface area (Å²) in [6, 6.07) is -6.09. The molecule has 0 aromatic heterocycles. The lowest BCUT2D eigenvalue weighted by Crippen LogP contribution is -2.57. The Kier molecular flexibility index (Phi) is 12.8. The van der Waals surface area contributed by atoms with Crippen LogP contribution in [0, 0.1) is 5.92 Å². The molecule has 0 aromatic rings. The lowest BCUT2D eigenvalue weighted by molar-refractivity contribution is -0.144. The maximum atomic E-state index is 12.7. The van der Waals surface area contributed by atoms with Crippen molar-refractivity contribution in [2.45, 2.75) is 70.1 Å². The Labute approximate surface area is 194 Å². The van der Waals surface area contributed by atoms with E-state index in [1.54, 1.807) is 13.8 Å². The van der Waals surface area contributed by atoms with Crippen LogP contribution in [-0.4, -0.2) is 81.0 Å². The van der Waals surface area contributed by atoms with Crippen molar-refractivity contribution in [1.29, 1.82) is 0 Å². The molecule has 0 bridgehead atoms. The average Bonchev–Trinajstić information content (AvgIpc) is 2.68. The molecule has 192 valence electrons. The summed E-state index contributed by atoms with van der Waals surface area (Å²) in [5, 5.41) is 33.6. The molecule has 0 saturated carbocycles. The SMILES string of the molecule is CC(C)CC(NC(=O)C(CC(=O)O)NC(=O)C(CCC(=O)O)NC(=O)C(N)CC(N)=O)C(=O)O. The van der Waals surface area contributed by atoms with Crippen LogP contribution in [0.3, 0.4) is 0 Å². The zero-order valence-corrected chi connectivity index (χ0v) is 18.8. The van der Waals surface area contributed by atoms with Gasteiger partial charge in [-0.15, -0.1) is 0 Å². The molecule has 0 fully saturated rings. The van der Waals surface area contributed by atoms with Gasteiger partial charge in [-0.3, -0.25) is 28.8 Å². The Morgan fingerprint density at radius 1 is 0.735 bits per heavy atom. The van der Waals surface area contributed by atoms with E-state index in [0.29, 0.717) is 0 Å². The third-order valence-electron chi connectivity index (χ3n) is 4.37. The van der Waals surface area contributed by atoms with Crippen molar-refractivity contribution in [2.24, 2.45) is 17.4 Å². The number of hydrogen-bond acceptors (Lipinski definition) is 8. The lowest BCUT2D eigenvalue weighted by atomic mass is 10.0. The van der Waals surface area contributed by atoms with Crippen molar-refractivity contribution in [1.82, 2.24) is 16.0 Å². The third-order valence-corrected chi connectivity index (χ3v) is 4.37. The van der Waals surface area contributed by atoms with E-state index in [1.165, 1.54) is 0 Å². The van der Waals surface area contributed by atoms with Gasteiger partial charge in [-0.25, -0.2) is 4.79 Å². The number of primary amides is 1. The van der Waals surface area contributed by atoms with Gasteiger partial charge in [-0.1, -0.05) is 13.8 Å². The minimum Gasteiger partial charge on any atom is -0.481 e. The zero-order valence-electron chi connectivity index (χ0n) is 18.8. The van der Waals surface area contributed by atoms with Crippen molar-refractivity contribution in [3.05, 3.63) is 0 Å². The van der Waals surface area contributed by atoms with Crippen molar-refractivity contribution in [2.75, 3.05) is 0 Å². The van der Waals surface area contributed by atoms with Crippen LogP contribution in [0.15, 0.2) is 0 Å². The van der Waals surface area contributed by atoms with E-state index in [2.05, 4.69) is 16.0 Å². The number of amides is 4. The smallest absolute Gasteiger partial charge is 0.326 e. The van der Waals surface area contributed by atoms with Gasteiger partial charge in [-0.05, 0) is 18.8 Å². The van der Waals surface area contributed by atoms with Crippen molar-refractivity contribution >= 4 is 41.5 Å². The van der Waals surface area contributed by atoms with E-state index in [4.69, 9.17) is 21.7 Å². The quantitative estimate of drug-likeness (QED) is 0.109. The van der Waals surface area contributed by atoms with Gasteiger partial charge in [0.2, 0.25) is 23.6 Å². The Balaban J connectivity index is 5.60.